The van der Waals surface area contributed by atoms with Crippen LogP contribution in [0.1, 0.15) is 32.1 Å². The van der Waals surface area contributed by atoms with E-state index in [1.807, 2.05) is 22.6 Å². The van der Waals surface area contributed by atoms with Crippen molar-refractivity contribution in [1.82, 2.24) is 0 Å². The monoisotopic (exact) mass is 300 g/mol. The van der Waals surface area contributed by atoms with Crippen molar-refractivity contribution in [3.8, 4) is 0 Å². The van der Waals surface area contributed by atoms with E-state index in [9.17, 15) is 9.59 Å². The SMILES string of the molecule is O=C(O)CCCCCC(I)C(=O)O. The molecule has 13 heavy (non-hydrogen) atoms. The lowest BCUT2D eigenvalue weighted by atomic mass is 10.1. The minimum absolute atomic E-state index is 0.180. The third kappa shape index (κ3) is 8.01. The number of unbranched alkanes of at least 4 members (excludes halogenated alkanes) is 2. The summed E-state index contributed by atoms with van der Waals surface area (Å²) >= 11 is 1.88. The van der Waals surface area contributed by atoms with Crippen molar-refractivity contribution in [1.29, 1.82) is 0 Å². The van der Waals surface area contributed by atoms with Crippen LogP contribution in [0.2, 0.25) is 0 Å². The Kier molecular flexibility index (Phi) is 6.93. The molecule has 0 rings (SSSR count). The van der Waals surface area contributed by atoms with Gasteiger partial charge in [-0.05, 0) is 12.8 Å². The van der Waals surface area contributed by atoms with Crippen LogP contribution in [-0.4, -0.2) is 26.1 Å². The van der Waals surface area contributed by atoms with Gasteiger partial charge < -0.3 is 10.2 Å². The highest BCUT2D eigenvalue weighted by atomic mass is 127. The van der Waals surface area contributed by atoms with E-state index in [0.717, 1.165) is 12.8 Å². The molecule has 1 unspecified atom stereocenters. The Morgan fingerprint density at radius 1 is 1.15 bits per heavy atom. The molecular formula is C8H13IO4. The van der Waals surface area contributed by atoms with E-state index >= 15 is 0 Å². The van der Waals surface area contributed by atoms with Gasteiger partial charge in [0, 0.05) is 6.42 Å². The van der Waals surface area contributed by atoms with Crippen molar-refractivity contribution >= 4 is 34.5 Å². The Balaban J connectivity index is 3.26. The first kappa shape index (κ1) is 12.7. The maximum atomic E-state index is 10.4. The number of hydrogen-bond acceptors (Lipinski definition) is 2. The molecule has 0 aliphatic heterocycles. The quantitative estimate of drug-likeness (QED) is 0.428. The molecule has 0 aromatic carbocycles. The van der Waals surface area contributed by atoms with Crippen LogP contribution in [0.25, 0.3) is 0 Å². The average Bonchev–Trinajstić information content (AvgIpc) is 2.02. The predicted molar refractivity (Wildman–Crippen MR) is 56.2 cm³/mol. The van der Waals surface area contributed by atoms with Crippen molar-refractivity contribution in [3.05, 3.63) is 0 Å². The van der Waals surface area contributed by atoms with Crippen LogP contribution in [0.3, 0.4) is 0 Å². The van der Waals surface area contributed by atoms with Gasteiger partial charge in [-0.25, -0.2) is 0 Å². The second-order valence-corrected chi connectivity index (χ2v) is 4.30. The predicted octanol–water partition coefficient (Wildman–Crippen LogP) is 1.91. The van der Waals surface area contributed by atoms with E-state index in [-0.39, 0.29) is 10.3 Å². The number of halogens is 1. The molecule has 5 heteroatoms. The minimum atomic E-state index is -0.793. The Morgan fingerprint density at radius 3 is 2.23 bits per heavy atom. The van der Waals surface area contributed by atoms with Gasteiger partial charge in [0.15, 0.2) is 0 Å². The summed E-state index contributed by atoms with van der Waals surface area (Å²) in [6.07, 6.45) is 3.01. The molecule has 1 atom stereocenters. The molecule has 0 aromatic rings. The van der Waals surface area contributed by atoms with Gasteiger partial charge in [0.25, 0.3) is 0 Å². The third-order valence-corrected chi connectivity index (χ3v) is 2.77. The van der Waals surface area contributed by atoms with Crippen molar-refractivity contribution in [2.75, 3.05) is 0 Å². The Morgan fingerprint density at radius 2 is 1.77 bits per heavy atom. The topological polar surface area (TPSA) is 74.6 Å². The molecule has 0 heterocycles. The smallest absolute Gasteiger partial charge is 0.316 e. The first-order chi connectivity index (χ1) is 6.04. The van der Waals surface area contributed by atoms with Gasteiger partial charge in [-0.1, -0.05) is 35.4 Å². The maximum absolute atomic E-state index is 10.4. The number of carbonyl (C=O) groups is 2. The molecule has 0 aromatic heterocycles. The molecule has 0 bridgehead atoms. The Bertz CT molecular complexity index is 181. The summed E-state index contributed by atoms with van der Waals surface area (Å²) in [7, 11) is 0. The highest BCUT2D eigenvalue weighted by molar-refractivity contribution is 14.1. The maximum Gasteiger partial charge on any atom is 0.316 e. The summed E-state index contributed by atoms with van der Waals surface area (Å²) in [5.74, 6) is -1.58. The molecule has 4 nitrogen and oxygen atoms in total. The van der Waals surface area contributed by atoms with Gasteiger partial charge in [0.05, 0.1) is 0 Å². The molecular weight excluding hydrogens is 287 g/mol. The summed E-state index contributed by atoms with van der Waals surface area (Å²) < 4.78 is -0.345. The molecule has 0 spiro atoms. The van der Waals surface area contributed by atoms with Crippen molar-refractivity contribution in [2.24, 2.45) is 0 Å². The van der Waals surface area contributed by atoms with Crippen LogP contribution in [0.15, 0.2) is 0 Å². The fourth-order valence-corrected chi connectivity index (χ4v) is 1.34. The van der Waals surface area contributed by atoms with Crippen molar-refractivity contribution < 1.29 is 19.8 Å². The molecule has 0 aliphatic rings. The molecule has 0 amide bonds. The molecule has 0 fully saturated rings. The van der Waals surface area contributed by atoms with Crippen LogP contribution >= 0.6 is 22.6 Å². The molecule has 0 aliphatic carbocycles. The van der Waals surface area contributed by atoms with Crippen LogP contribution in [0, 0.1) is 0 Å². The van der Waals surface area contributed by atoms with Gasteiger partial charge >= 0.3 is 11.9 Å². The summed E-state index contributed by atoms with van der Waals surface area (Å²) in [5, 5.41) is 16.8. The molecule has 0 saturated carbocycles. The fourth-order valence-electron chi connectivity index (χ4n) is 0.900. The van der Waals surface area contributed by atoms with Crippen LogP contribution in [0.5, 0.6) is 0 Å². The molecule has 0 saturated heterocycles. The van der Waals surface area contributed by atoms with Crippen molar-refractivity contribution in [3.63, 3.8) is 0 Å². The number of alkyl halides is 1. The highest BCUT2D eigenvalue weighted by Crippen LogP contribution is 2.12. The van der Waals surface area contributed by atoms with E-state index in [2.05, 4.69) is 0 Å². The largest absolute Gasteiger partial charge is 0.481 e. The van der Waals surface area contributed by atoms with E-state index in [1.54, 1.807) is 0 Å². The van der Waals surface area contributed by atoms with Crippen LogP contribution < -0.4 is 0 Å². The number of aliphatic carboxylic acids is 2. The molecule has 0 radical (unpaired) electrons. The average molecular weight is 300 g/mol. The lowest BCUT2D eigenvalue weighted by molar-refractivity contribution is -0.138. The van der Waals surface area contributed by atoms with Crippen LogP contribution in [0.4, 0.5) is 0 Å². The van der Waals surface area contributed by atoms with E-state index in [0.29, 0.717) is 12.8 Å². The second-order valence-electron chi connectivity index (χ2n) is 2.80. The van der Waals surface area contributed by atoms with Gasteiger partial charge in [0.1, 0.15) is 3.92 Å². The Labute approximate surface area is 90.5 Å². The minimum Gasteiger partial charge on any atom is -0.481 e. The van der Waals surface area contributed by atoms with E-state index < -0.39 is 11.9 Å². The third-order valence-electron chi connectivity index (χ3n) is 1.62. The number of rotatable bonds is 7. The fraction of sp³-hybridized carbons (Fsp3) is 0.750. The van der Waals surface area contributed by atoms with E-state index in [4.69, 9.17) is 10.2 Å². The van der Waals surface area contributed by atoms with Gasteiger partial charge in [-0.2, -0.15) is 0 Å². The first-order valence-corrected chi connectivity index (χ1v) is 5.37. The first-order valence-electron chi connectivity index (χ1n) is 4.12. The summed E-state index contributed by atoms with van der Waals surface area (Å²) in [6, 6.07) is 0. The number of carboxylic acids is 2. The zero-order chi connectivity index (χ0) is 10.3. The van der Waals surface area contributed by atoms with Crippen LogP contribution in [-0.2, 0) is 9.59 Å². The second kappa shape index (κ2) is 7.11. The van der Waals surface area contributed by atoms with Crippen molar-refractivity contribution in [2.45, 2.75) is 36.0 Å². The van der Waals surface area contributed by atoms with Gasteiger partial charge in [0.2, 0.25) is 0 Å². The lowest BCUT2D eigenvalue weighted by Gasteiger charge is -2.02. The molecule has 2 N–H and O–H groups in total. The number of carboxylic acid groups (broad SMARTS) is 2. The summed E-state index contributed by atoms with van der Waals surface area (Å²) in [6.45, 7) is 0. The Hall–Kier alpha value is -0.330. The van der Waals surface area contributed by atoms with E-state index in [1.165, 1.54) is 0 Å². The summed E-state index contributed by atoms with van der Waals surface area (Å²) in [4.78, 5) is 20.5. The molecule has 76 valence electrons. The zero-order valence-corrected chi connectivity index (χ0v) is 9.36. The van der Waals surface area contributed by atoms with Gasteiger partial charge in [-0.15, -0.1) is 0 Å². The lowest BCUT2D eigenvalue weighted by Crippen LogP contribution is -2.11. The number of hydrogen-bond donors (Lipinski definition) is 2. The zero-order valence-electron chi connectivity index (χ0n) is 7.20. The standard InChI is InChI=1S/C8H13IO4/c9-6(8(12)13)4-2-1-3-5-7(10)11/h6H,1-5H2,(H,10,11)(H,12,13). The summed E-state index contributed by atoms with van der Waals surface area (Å²) in [5.41, 5.74) is 0. The highest BCUT2D eigenvalue weighted by Gasteiger charge is 2.11. The normalized spacial score (nSPS) is 12.4. The van der Waals surface area contributed by atoms with Gasteiger partial charge in [-0.3, -0.25) is 9.59 Å².